The molecule has 2 N–H and O–H groups in total. The van der Waals surface area contributed by atoms with Gasteiger partial charge in [-0.3, -0.25) is 14.5 Å². The molecule has 192 valence electrons. The number of hydrogen-bond acceptors (Lipinski definition) is 6. The van der Waals surface area contributed by atoms with Gasteiger partial charge in [-0.1, -0.05) is 55.8 Å². The average molecular weight is 500 g/mol. The van der Waals surface area contributed by atoms with E-state index >= 15 is 0 Å². The Balaban J connectivity index is 1.20. The van der Waals surface area contributed by atoms with Crippen molar-refractivity contribution < 1.29 is 9.59 Å². The van der Waals surface area contributed by atoms with E-state index in [1.165, 1.54) is 5.56 Å². The average Bonchev–Trinajstić information content (AvgIpc) is 3.52. The van der Waals surface area contributed by atoms with E-state index in [0.717, 1.165) is 44.3 Å². The van der Waals surface area contributed by atoms with Crippen molar-refractivity contribution in [1.29, 1.82) is 0 Å². The van der Waals surface area contributed by atoms with Crippen molar-refractivity contribution in [1.82, 2.24) is 30.4 Å². The van der Waals surface area contributed by atoms with Gasteiger partial charge in [0.25, 0.3) is 0 Å². The van der Waals surface area contributed by atoms with Gasteiger partial charge in [-0.25, -0.2) is 0 Å². The number of carbonyl (C=O) groups is 2. The summed E-state index contributed by atoms with van der Waals surface area (Å²) in [6.07, 6.45) is 4.02. The number of nitrogens with one attached hydrogen (secondary N) is 2. The third-order valence-corrected chi connectivity index (χ3v) is 8.76. The van der Waals surface area contributed by atoms with Crippen LogP contribution in [-0.2, 0) is 16.1 Å². The van der Waals surface area contributed by atoms with E-state index < -0.39 is 0 Å². The second kappa shape index (κ2) is 9.37. The van der Waals surface area contributed by atoms with E-state index in [-0.39, 0.29) is 22.7 Å². The molecule has 2 aliphatic heterocycles. The fourth-order valence-corrected chi connectivity index (χ4v) is 6.48. The summed E-state index contributed by atoms with van der Waals surface area (Å²) in [4.78, 5) is 31.5. The van der Waals surface area contributed by atoms with E-state index in [4.69, 9.17) is 0 Å². The zero-order chi connectivity index (χ0) is 25.5. The summed E-state index contributed by atoms with van der Waals surface area (Å²) in [5, 5.41) is 17.3. The Morgan fingerprint density at radius 2 is 1.89 bits per heavy atom. The normalized spacial score (nSPS) is 21.9. The van der Waals surface area contributed by atoms with Gasteiger partial charge in [-0.15, -0.1) is 10.2 Å². The highest BCUT2D eigenvalue weighted by atomic mass is 16.2. The molecule has 1 atom stereocenters. The highest BCUT2D eigenvalue weighted by Crippen LogP contribution is 2.50. The number of benzene rings is 2. The lowest BCUT2D eigenvalue weighted by Gasteiger charge is -2.54. The van der Waals surface area contributed by atoms with Crippen LogP contribution in [0.25, 0.3) is 11.4 Å². The second-order valence-corrected chi connectivity index (χ2v) is 11.0. The predicted octanol–water partition coefficient (Wildman–Crippen LogP) is 3.35. The number of rotatable bonds is 7. The standard InChI is InChI=1S/C28H33N7O2/c1-2-27(12-7-13-27)26(37)35-18-28(19-35)17-34(15-20-8-4-3-5-9-20)16-23(28)25(36)29-22-11-6-10-21(14-22)24-30-32-33-31-24/h3-6,8-11,14,23H,2,7,12-13,15-19H2,1H3,(H,29,36)(H,30,31,32,33). The smallest absolute Gasteiger partial charge is 0.229 e. The molecular formula is C28H33N7O2. The second-order valence-electron chi connectivity index (χ2n) is 11.0. The van der Waals surface area contributed by atoms with Crippen molar-refractivity contribution in [2.75, 3.05) is 31.5 Å². The number of tetrazole rings is 1. The summed E-state index contributed by atoms with van der Waals surface area (Å²) in [5.41, 5.74) is 2.33. The Kier molecular flexibility index (Phi) is 6.03. The molecule has 3 aromatic rings. The van der Waals surface area contributed by atoms with Crippen molar-refractivity contribution in [2.24, 2.45) is 16.7 Å². The summed E-state index contributed by atoms with van der Waals surface area (Å²) >= 11 is 0. The van der Waals surface area contributed by atoms with E-state index in [9.17, 15) is 9.59 Å². The number of H-pyrrole nitrogens is 1. The first-order valence-corrected chi connectivity index (χ1v) is 13.2. The van der Waals surface area contributed by atoms with Crippen LogP contribution in [0.2, 0.25) is 0 Å². The lowest BCUT2D eigenvalue weighted by atomic mass is 9.63. The summed E-state index contributed by atoms with van der Waals surface area (Å²) in [6.45, 7) is 5.72. The topological polar surface area (TPSA) is 107 Å². The van der Waals surface area contributed by atoms with Gasteiger partial charge in [0.15, 0.2) is 0 Å². The van der Waals surface area contributed by atoms with Crippen molar-refractivity contribution in [3.05, 3.63) is 60.2 Å². The molecule has 6 rings (SSSR count). The molecule has 37 heavy (non-hydrogen) atoms. The molecule has 1 aliphatic carbocycles. The molecular weight excluding hydrogens is 466 g/mol. The lowest BCUT2D eigenvalue weighted by Crippen LogP contribution is -2.66. The van der Waals surface area contributed by atoms with E-state index in [1.54, 1.807) is 0 Å². The Morgan fingerprint density at radius 1 is 1.08 bits per heavy atom. The molecule has 1 unspecified atom stereocenters. The Hall–Kier alpha value is -3.59. The first-order valence-electron chi connectivity index (χ1n) is 13.2. The molecule has 9 nitrogen and oxygen atoms in total. The summed E-state index contributed by atoms with van der Waals surface area (Å²) in [5.74, 6) is 0.576. The SMILES string of the molecule is CCC1(C(=O)N2CC3(CN(Cc4ccccc4)CC3C(=O)Nc3cccc(-c4nn[nH]n4)c3)C2)CCC1. The number of anilines is 1. The van der Waals surface area contributed by atoms with E-state index in [2.05, 4.69) is 62.0 Å². The molecule has 3 heterocycles. The van der Waals surface area contributed by atoms with Crippen molar-refractivity contribution in [3.63, 3.8) is 0 Å². The maximum atomic E-state index is 13.7. The van der Waals surface area contributed by atoms with Gasteiger partial charge in [-0.05, 0) is 42.2 Å². The van der Waals surface area contributed by atoms with Crippen LogP contribution in [0.5, 0.6) is 0 Å². The lowest BCUT2D eigenvalue weighted by molar-refractivity contribution is -0.163. The molecule has 1 saturated carbocycles. The summed E-state index contributed by atoms with van der Waals surface area (Å²) in [7, 11) is 0. The van der Waals surface area contributed by atoms with Crippen molar-refractivity contribution in [3.8, 4) is 11.4 Å². The van der Waals surface area contributed by atoms with Crippen LogP contribution < -0.4 is 5.32 Å². The fraction of sp³-hybridized carbons (Fsp3) is 0.464. The molecule has 9 heteroatoms. The number of likely N-dealkylation sites (tertiary alicyclic amines) is 2. The van der Waals surface area contributed by atoms with Gasteiger partial charge < -0.3 is 10.2 Å². The minimum Gasteiger partial charge on any atom is -0.341 e. The Labute approximate surface area is 216 Å². The Morgan fingerprint density at radius 3 is 2.57 bits per heavy atom. The number of aromatic amines is 1. The zero-order valence-electron chi connectivity index (χ0n) is 21.2. The third-order valence-electron chi connectivity index (χ3n) is 8.76. The van der Waals surface area contributed by atoms with Crippen LogP contribution in [0.3, 0.4) is 0 Å². The Bertz CT molecular complexity index is 1260. The maximum absolute atomic E-state index is 13.7. The molecule has 3 fully saturated rings. The number of nitrogens with zero attached hydrogens (tertiary/aromatic N) is 5. The number of carbonyl (C=O) groups excluding carboxylic acids is 2. The van der Waals surface area contributed by atoms with E-state index in [1.807, 2.05) is 35.2 Å². The molecule has 0 radical (unpaired) electrons. The summed E-state index contributed by atoms with van der Waals surface area (Å²) in [6, 6.07) is 17.9. The predicted molar refractivity (Wildman–Crippen MR) is 139 cm³/mol. The van der Waals surface area contributed by atoms with E-state index in [0.29, 0.717) is 37.1 Å². The molecule has 3 aliphatic rings. The van der Waals surface area contributed by atoms with Crippen LogP contribution in [0.4, 0.5) is 5.69 Å². The number of amides is 2. The number of hydrogen-bond donors (Lipinski definition) is 2. The van der Waals surface area contributed by atoms with Gasteiger partial charge in [-0.2, -0.15) is 5.21 Å². The van der Waals surface area contributed by atoms with Crippen LogP contribution >= 0.6 is 0 Å². The minimum absolute atomic E-state index is 0.00164. The largest absolute Gasteiger partial charge is 0.341 e. The molecule has 2 aromatic carbocycles. The fourth-order valence-electron chi connectivity index (χ4n) is 6.48. The quantitative estimate of drug-likeness (QED) is 0.516. The molecule has 1 spiro atoms. The molecule has 2 saturated heterocycles. The van der Waals surface area contributed by atoms with Crippen molar-refractivity contribution in [2.45, 2.75) is 39.2 Å². The highest BCUT2D eigenvalue weighted by molar-refractivity contribution is 5.94. The first-order chi connectivity index (χ1) is 18.0. The van der Waals surface area contributed by atoms with Gasteiger partial charge in [0.05, 0.1) is 5.92 Å². The number of aromatic nitrogens is 4. The van der Waals surface area contributed by atoms with Crippen LogP contribution in [0.15, 0.2) is 54.6 Å². The van der Waals surface area contributed by atoms with Gasteiger partial charge >= 0.3 is 0 Å². The van der Waals surface area contributed by atoms with Crippen molar-refractivity contribution >= 4 is 17.5 Å². The molecule has 2 amide bonds. The van der Waals surface area contributed by atoms with Gasteiger partial charge in [0, 0.05) is 54.8 Å². The maximum Gasteiger partial charge on any atom is 0.229 e. The van der Waals surface area contributed by atoms with Gasteiger partial charge in [0.1, 0.15) is 0 Å². The monoisotopic (exact) mass is 499 g/mol. The molecule has 0 bridgehead atoms. The minimum atomic E-state index is -0.224. The van der Waals surface area contributed by atoms with Crippen LogP contribution in [0, 0.1) is 16.7 Å². The first kappa shape index (κ1) is 23.8. The zero-order valence-corrected chi connectivity index (χ0v) is 21.2. The third kappa shape index (κ3) is 4.31. The van der Waals surface area contributed by atoms with Crippen LogP contribution in [0.1, 0.15) is 38.2 Å². The van der Waals surface area contributed by atoms with Crippen LogP contribution in [-0.4, -0.2) is 68.4 Å². The van der Waals surface area contributed by atoms with Gasteiger partial charge in [0.2, 0.25) is 17.6 Å². The summed E-state index contributed by atoms with van der Waals surface area (Å²) < 4.78 is 0. The highest BCUT2D eigenvalue weighted by Gasteiger charge is 2.60. The molecule has 1 aromatic heterocycles.